The van der Waals surface area contributed by atoms with Crippen LogP contribution in [0.5, 0.6) is 0 Å². The molecule has 4 nitrogen and oxygen atoms in total. The second kappa shape index (κ2) is 7.23. The molecule has 35 heavy (non-hydrogen) atoms. The number of fused-ring (bicyclic) bond motifs is 3. The number of carbonyl (C=O) groups excluding carboxylic acids is 2. The number of allylic oxidation sites excluding steroid dienone is 1. The molecule has 2 heterocycles. The molecule has 1 N–H and O–H groups in total. The Hall–Kier alpha value is -4.53. The Bertz CT molecular complexity index is 1680. The third kappa shape index (κ3) is 2.97. The molecule has 0 unspecified atom stereocenters. The van der Waals surface area contributed by atoms with Crippen molar-refractivity contribution in [2.45, 2.75) is 0 Å². The number of H-pyrrole nitrogens is 1. The van der Waals surface area contributed by atoms with Crippen LogP contribution in [0.1, 0.15) is 26.4 Å². The van der Waals surface area contributed by atoms with Gasteiger partial charge in [0.2, 0.25) is 5.82 Å². The van der Waals surface area contributed by atoms with Crippen LogP contribution in [0.25, 0.3) is 39.3 Å². The Kier molecular flexibility index (Phi) is 4.35. The molecule has 1 aliphatic rings. The highest BCUT2D eigenvalue weighted by molar-refractivity contribution is 6.42. The number of hydrogen-bond donors (Lipinski definition) is 1. The molecule has 0 radical (unpaired) electrons. The third-order valence-corrected chi connectivity index (χ3v) is 5.95. The van der Waals surface area contributed by atoms with Crippen molar-refractivity contribution in [3.63, 3.8) is 0 Å². The van der Waals surface area contributed by atoms with Gasteiger partial charge in [0.1, 0.15) is 5.76 Å². The molecule has 6 rings (SSSR count). The minimum Gasteiger partial charge on any atom is -0.454 e. The number of benzene rings is 3. The molecule has 172 valence electrons. The fourth-order valence-electron chi connectivity index (χ4n) is 4.26. The Balaban J connectivity index is 1.40. The first-order valence-electron chi connectivity index (χ1n) is 10.2. The summed E-state index contributed by atoms with van der Waals surface area (Å²) in [6.07, 6.45) is 1.32. The summed E-state index contributed by atoms with van der Waals surface area (Å²) in [6, 6.07) is 13.0. The first-order valence-corrected chi connectivity index (χ1v) is 10.2. The van der Waals surface area contributed by atoms with Gasteiger partial charge in [-0.2, -0.15) is 0 Å². The lowest BCUT2D eigenvalue weighted by molar-refractivity contribution is 0.0990. The lowest BCUT2D eigenvalue weighted by Gasteiger charge is -2.05. The number of rotatable bonds is 2. The largest absolute Gasteiger partial charge is 0.454 e. The van der Waals surface area contributed by atoms with E-state index < -0.39 is 52.0 Å². The molecule has 0 amide bonds. The molecular formula is C26H10F5NO3. The summed E-state index contributed by atoms with van der Waals surface area (Å²) in [7, 11) is 0. The van der Waals surface area contributed by atoms with Gasteiger partial charge in [-0.05, 0) is 29.0 Å². The lowest BCUT2D eigenvalue weighted by Crippen LogP contribution is -2.03. The maximum Gasteiger partial charge on any atom is 0.200 e. The maximum atomic E-state index is 14.1. The van der Waals surface area contributed by atoms with Gasteiger partial charge >= 0.3 is 0 Å². The van der Waals surface area contributed by atoms with Crippen molar-refractivity contribution in [1.82, 2.24) is 4.98 Å². The van der Waals surface area contributed by atoms with Crippen molar-refractivity contribution in [3.05, 3.63) is 100 Å². The third-order valence-electron chi connectivity index (χ3n) is 5.95. The molecule has 5 aromatic rings. The van der Waals surface area contributed by atoms with Crippen LogP contribution in [-0.4, -0.2) is 16.6 Å². The van der Waals surface area contributed by atoms with Crippen LogP contribution in [0.2, 0.25) is 0 Å². The molecule has 0 saturated heterocycles. The molecule has 9 heteroatoms. The van der Waals surface area contributed by atoms with Crippen LogP contribution in [0.15, 0.2) is 58.5 Å². The molecule has 0 fully saturated rings. The zero-order chi connectivity index (χ0) is 24.6. The summed E-state index contributed by atoms with van der Waals surface area (Å²) < 4.78 is 74.0. The van der Waals surface area contributed by atoms with Gasteiger partial charge in [0, 0.05) is 29.0 Å². The van der Waals surface area contributed by atoms with Crippen LogP contribution < -0.4 is 0 Å². The molecule has 3 aromatic carbocycles. The van der Waals surface area contributed by atoms with Gasteiger partial charge in [-0.15, -0.1) is 0 Å². The van der Waals surface area contributed by atoms with E-state index >= 15 is 0 Å². The standard InChI is InChI=1S/C26H10F5NO3/c27-20-19(21(28)23(30)24(31)22(20)29)18-9-16-17(35-18)8-12(32-16)7-15-25(33)13-5-10-3-1-2-4-11(10)6-14(13)26(15)34/h1-9,32H. The summed E-state index contributed by atoms with van der Waals surface area (Å²) in [4.78, 5) is 28.6. The number of aromatic nitrogens is 1. The Morgan fingerprint density at radius 2 is 1.26 bits per heavy atom. The van der Waals surface area contributed by atoms with E-state index in [0.717, 1.165) is 16.8 Å². The average Bonchev–Trinajstić information content (AvgIpc) is 3.48. The lowest BCUT2D eigenvalue weighted by atomic mass is 10.0. The number of aromatic amines is 1. The van der Waals surface area contributed by atoms with Crippen molar-refractivity contribution in [2.24, 2.45) is 0 Å². The predicted molar refractivity (Wildman–Crippen MR) is 116 cm³/mol. The molecule has 0 spiro atoms. The summed E-state index contributed by atoms with van der Waals surface area (Å²) >= 11 is 0. The molecular weight excluding hydrogens is 469 g/mol. The molecule has 0 atom stereocenters. The predicted octanol–water partition coefficient (Wildman–Crippen LogP) is 6.74. The fraction of sp³-hybridized carbons (Fsp3) is 0. The van der Waals surface area contributed by atoms with Crippen LogP contribution in [0, 0.1) is 29.1 Å². The highest BCUT2D eigenvalue weighted by Gasteiger charge is 2.34. The highest BCUT2D eigenvalue weighted by atomic mass is 19.2. The normalized spacial score (nSPS) is 13.3. The van der Waals surface area contributed by atoms with Crippen molar-refractivity contribution < 1.29 is 36.0 Å². The first kappa shape index (κ1) is 21.0. The minimum atomic E-state index is -2.27. The summed E-state index contributed by atoms with van der Waals surface area (Å²) in [5, 5.41) is 1.62. The van der Waals surface area contributed by atoms with Gasteiger partial charge in [-0.25, -0.2) is 22.0 Å². The van der Waals surface area contributed by atoms with E-state index in [1.165, 1.54) is 12.1 Å². The van der Waals surface area contributed by atoms with E-state index in [0.29, 0.717) is 0 Å². The fourth-order valence-corrected chi connectivity index (χ4v) is 4.26. The Morgan fingerprint density at radius 3 is 1.80 bits per heavy atom. The second-order valence-corrected chi connectivity index (χ2v) is 8.02. The summed E-state index contributed by atoms with van der Waals surface area (Å²) in [5.74, 6) is -12.0. The number of hydrogen-bond acceptors (Lipinski definition) is 3. The number of ketones is 2. The number of nitrogens with one attached hydrogen (secondary N) is 1. The maximum absolute atomic E-state index is 14.1. The summed E-state index contributed by atoms with van der Waals surface area (Å²) in [5.41, 5.74) is -0.257. The van der Waals surface area contributed by atoms with Gasteiger partial charge in [0.05, 0.1) is 16.7 Å². The number of furan rings is 1. The van der Waals surface area contributed by atoms with E-state index in [-0.39, 0.29) is 33.5 Å². The first-order chi connectivity index (χ1) is 16.7. The van der Waals surface area contributed by atoms with Gasteiger partial charge in [-0.1, -0.05) is 24.3 Å². The highest BCUT2D eigenvalue weighted by Crippen LogP contribution is 2.36. The van der Waals surface area contributed by atoms with Crippen molar-refractivity contribution in [1.29, 1.82) is 0 Å². The van der Waals surface area contributed by atoms with Crippen molar-refractivity contribution in [3.8, 4) is 11.3 Å². The Morgan fingerprint density at radius 1 is 0.714 bits per heavy atom. The van der Waals surface area contributed by atoms with Crippen molar-refractivity contribution in [2.75, 3.05) is 0 Å². The van der Waals surface area contributed by atoms with Gasteiger partial charge in [0.15, 0.2) is 40.4 Å². The van der Waals surface area contributed by atoms with E-state index in [1.54, 1.807) is 12.1 Å². The SMILES string of the molecule is O=C1C(=Cc2cc3oc(-c4c(F)c(F)c(F)c(F)c4F)cc3[nH]2)C(=O)c2cc3ccccc3cc21. The molecule has 0 saturated carbocycles. The van der Waals surface area contributed by atoms with E-state index in [2.05, 4.69) is 4.98 Å². The van der Waals surface area contributed by atoms with Crippen LogP contribution in [0.4, 0.5) is 22.0 Å². The number of halogens is 5. The molecule has 2 aromatic heterocycles. The Labute approximate surface area is 192 Å². The van der Waals surface area contributed by atoms with E-state index in [1.807, 2.05) is 24.3 Å². The topological polar surface area (TPSA) is 63.1 Å². The van der Waals surface area contributed by atoms with Gasteiger partial charge in [-0.3, -0.25) is 9.59 Å². The second-order valence-electron chi connectivity index (χ2n) is 8.02. The monoisotopic (exact) mass is 479 g/mol. The minimum absolute atomic E-state index is 0.0249. The van der Waals surface area contributed by atoms with E-state index in [4.69, 9.17) is 4.42 Å². The smallest absolute Gasteiger partial charge is 0.200 e. The van der Waals surface area contributed by atoms with Crippen molar-refractivity contribution >= 4 is 39.5 Å². The molecule has 1 aliphatic carbocycles. The van der Waals surface area contributed by atoms with Crippen LogP contribution in [-0.2, 0) is 0 Å². The molecule has 0 aliphatic heterocycles. The van der Waals surface area contributed by atoms with Crippen LogP contribution >= 0.6 is 0 Å². The zero-order valence-corrected chi connectivity index (χ0v) is 17.3. The number of Topliss-reactive ketones (excluding diaryl/α,β-unsaturated/α-hetero) is 2. The van der Waals surface area contributed by atoms with Crippen LogP contribution in [0.3, 0.4) is 0 Å². The quantitative estimate of drug-likeness (QED) is 0.100. The van der Waals surface area contributed by atoms with Gasteiger partial charge < -0.3 is 9.40 Å². The van der Waals surface area contributed by atoms with Gasteiger partial charge in [0.25, 0.3) is 0 Å². The summed E-state index contributed by atoms with van der Waals surface area (Å²) in [6.45, 7) is 0. The molecule has 0 bridgehead atoms. The average molecular weight is 479 g/mol. The zero-order valence-electron chi connectivity index (χ0n) is 17.3. The van der Waals surface area contributed by atoms with E-state index in [9.17, 15) is 31.5 Å². The number of carbonyl (C=O) groups is 2.